The zero-order valence-corrected chi connectivity index (χ0v) is 21.9. The maximum atomic E-state index is 13.5. The summed E-state index contributed by atoms with van der Waals surface area (Å²) >= 11 is 1.57. The Kier molecular flexibility index (Phi) is 7.11. The average molecular weight is 555 g/mol. The van der Waals surface area contributed by atoms with Gasteiger partial charge in [0.2, 0.25) is 10.0 Å². The zero-order chi connectivity index (χ0) is 26.9. The number of halogens is 2. The number of aliphatic imine (C=N–C) groups is 1. The lowest BCUT2D eigenvalue weighted by molar-refractivity contribution is 0.475. The molecule has 0 saturated heterocycles. The number of likely N-dealkylation sites (N-methyl/N-ethyl adjacent to an activating group) is 1. The molecule has 12 heteroatoms. The number of aromatic nitrogens is 1. The standard InChI is InChI=1S/C26H24F2N6O2S2/c1-34-15-32-25(29)19-12-17(5-8-22(19)34)23-9-6-18(37-23)14-31-26-24(3-2-10-30-26)38(35,36)33-13-16-4-7-20(27)21(28)11-16/h2-12,15,22,33H,13-14,29H2,1H3,(H,30,31). The summed E-state index contributed by atoms with van der Waals surface area (Å²) in [5, 5.41) is 3.10. The van der Waals surface area contributed by atoms with Crippen LogP contribution in [0.5, 0.6) is 0 Å². The van der Waals surface area contributed by atoms with Crippen LogP contribution < -0.4 is 15.8 Å². The molecular weight excluding hydrogens is 530 g/mol. The van der Waals surface area contributed by atoms with Crippen molar-refractivity contribution in [2.75, 3.05) is 12.4 Å². The van der Waals surface area contributed by atoms with Crippen LogP contribution in [0.25, 0.3) is 5.57 Å². The van der Waals surface area contributed by atoms with E-state index in [2.05, 4.69) is 32.2 Å². The van der Waals surface area contributed by atoms with Crippen LogP contribution in [0.15, 0.2) is 88.2 Å². The molecule has 1 aliphatic carbocycles. The number of anilines is 1. The molecule has 1 unspecified atom stereocenters. The number of rotatable bonds is 8. The Bertz CT molecular complexity index is 1610. The van der Waals surface area contributed by atoms with Crippen molar-refractivity contribution in [3.63, 3.8) is 0 Å². The quantitative estimate of drug-likeness (QED) is 0.388. The summed E-state index contributed by atoms with van der Waals surface area (Å²) < 4.78 is 55.0. The first-order chi connectivity index (χ1) is 18.2. The van der Waals surface area contributed by atoms with E-state index in [1.54, 1.807) is 17.7 Å². The summed E-state index contributed by atoms with van der Waals surface area (Å²) in [4.78, 5) is 12.4. The molecule has 3 aromatic rings. The summed E-state index contributed by atoms with van der Waals surface area (Å²) in [6.07, 6.45) is 9.39. The van der Waals surface area contributed by atoms with Crippen molar-refractivity contribution in [3.8, 4) is 0 Å². The van der Waals surface area contributed by atoms with E-state index in [4.69, 9.17) is 5.73 Å². The molecule has 8 nitrogen and oxygen atoms in total. The molecule has 3 heterocycles. The summed E-state index contributed by atoms with van der Waals surface area (Å²) in [7, 11) is -2.04. The molecule has 1 aromatic carbocycles. The Hall–Kier alpha value is -3.87. The monoisotopic (exact) mass is 554 g/mol. The summed E-state index contributed by atoms with van der Waals surface area (Å²) in [6, 6.07) is 10.2. The van der Waals surface area contributed by atoms with E-state index in [1.807, 2.05) is 30.2 Å². The first-order valence-electron chi connectivity index (χ1n) is 11.6. The van der Waals surface area contributed by atoms with Crippen LogP contribution in [0.3, 0.4) is 0 Å². The molecule has 38 heavy (non-hydrogen) atoms. The molecule has 2 aliphatic rings. The van der Waals surface area contributed by atoms with Gasteiger partial charge >= 0.3 is 0 Å². The van der Waals surface area contributed by atoms with Gasteiger partial charge in [-0.3, -0.25) is 0 Å². The van der Waals surface area contributed by atoms with E-state index in [9.17, 15) is 17.2 Å². The molecule has 0 radical (unpaired) electrons. The largest absolute Gasteiger partial charge is 0.383 e. The van der Waals surface area contributed by atoms with Gasteiger partial charge < -0.3 is 16.0 Å². The van der Waals surface area contributed by atoms with Crippen molar-refractivity contribution in [1.29, 1.82) is 0 Å². The molecule has 196 valence electrons. The zero-order valence-electron chi connectivity index (χ0n) is 20.2. The van der Waals surface area contributed by atoms with Gasteiger partial charge in [-0.2, -0.15) is 0 Å². The summed E-state index contributed by atoms with van der Waals surface area (Å²) in [6.45, 7) is 0.151. The van der Waals surface area contributed by atoms with Crippen molar-refractivity contribution in [3.05, 3.63) is 105 Å². The van der Waals surface area contributed by atoms with E-state index >= 15 is 0 Å². The Morgan fingerprint density at radius 1 is 1.13 bits per heavy atom. The van der Waals surface area contributed by atoms with Crippen LogP contribution in [0, 0.1) is 11.6 Å². The third-order valence-electron chi connectivity index (χ3n) is 6.09. The molecule has 2 aromatic heterocycles. The third-order valence-corrected chi connectivity index (χ3v) is 8.66. The predicted octanol–water partition coefficient (Wildman–Crippen LogP) is 3.98. The molecule has 5 rings (SSSR count). The minimum atomic E-state index is -3.99. The number of thiophene rings is 1. The number of nitrogens with two attached hydrogens (primary N) is 1. The van der Waals surface area contributed by atoms with Crippen molar-refractivity contribution in [1.82, 2.24) is 14.6 Å². The summed E-state index contributed by atoms with van der Waals surface area (Å²) in [5.74, 6) is -1.36. The topological polar surface area (TPSA) is 113 Å². The highest BCUT2D eigenvalue weighted by Crippen LogP contribution is 2.33. The van der Waals surface area contributed by atoms with Crippen LogP contribution in [0.4, 0.5) is 14.6 Å². The molecule has 0 bridgehead atoms. The van der Waals surface area contributed by atoms with Crippen LogP contribution in [-0.4, -0.2) is 37.7 Å². The van der Waals surface area contributed by atoms with E-state index in [0.29, 0.717) is 17.9 Å². The van der Waals surface area contributed by atoms with Gasteiger partial charge in [-0.05, 0) is 53.6 Å². The molecule has 0 amide bonds. The molecule has 0 saturated carbocycles. The van der Waals surface area contributed by atoms with Gasteiger partial charge in [0.15, 0.2) is 11.6 Å². The van der Waals surface area contributed by atoms with Crippen LogP contribution in [0.2, 0.25) is 0 Å². The fraction of sp³-hybridized carbons (Fsp3) is 0.154. The number of nitrogens with zero attached hydrogens (tertiary/aromatic N) is 3. The third kappa shape index (κ3) is 5.37. The number of hydrogen-bond donors (Lipinski definition) is 3. The molecule has 1 aliphatic heterocycles. The number of benzene rings is 1. The van der Waals surface area contributed by atoms with E-state index in [1.165, 1.54) is 24.4 Å². The van der Waals surface area contributed by atoms with Gasteiger partial charge in [0, 0.05) is 35.1 Å². The normalized spacial score (nSPS) is 17.0. The number of pyridine rings is 1. The van der Waals surface area contributed by atoms with Crippen LogP contribution in [-0.2, 0) is 23.1 Å². The van der Waals surface area contributed by atoms with E-state index in [-0.39, 0.29) is 23.3 Å². The highest BCUT2D eigenvalue weighted by molar-refractivity contribution is 7.89. The van der Waals surface area contributed by atoms with Crippen LogP contribution >= 0.6 is 11.3 Å². The number of nitrogens with one attached hydrogen (secondary N) is 2. The Balaban J connectivity index is 1.28. The Morgan fingerprint density at radius 2 is 1.97 bits per heavy atom. The minimum Gasteiger partial charge on any atom is -0.383 e. The maximum Gasteiger partial charge on any atom is 0.244 e. The molecule has 0 spiro atoms. The first-order valence-corrected chi connectivity index (χ1v) is 13.9. The molecular formula is C26H24F2N6O2S2. The number of sulfonamides is 1. The average Bonchev–Trinajstić information content (AvgIpc) is 3.39. The number of fused-ring (bicyclic) bond motifs is 1. The predicted molar refractivity (Wildman–Crippen MR) is 145 cm³/mol. The molecule has 1 atom stereocenters. The maximum absolute atomic E-state index is 13.5. The Morgan fingerprint density at radius 3 is 2.79 bits per heavy atom. The van der Waals surface area contributed by atoms with Gasteiger partial charge in [0.1, 0.15) is 16.5 Å². The van der Waals surface area contributed by atoms with Gasteiger partial charge in [-0.25, -0.2) is 31.9 Å². The van der Waals surface area contributed by atoms with Gasteiger partial charge in [0.25, 0.3) is 0 Å². The highest BCUT2D eigenvalue weighted by atomic mass is 32.2. The van der Waals surface area contributed by atoms with Gasteiger partial charge in [-0.15, -0.1) is 11.3 Å². The first kappa shape index (κ1) is 25.8. The second-order valence-electron chi connectivity index (χ2n) is 8.70. The smallest absolute Gasteiger partial charge is 0.244 e. The Labute approximate surface area is 223 Å². The van der Waals surface area contributed by atoms with Gasteiger partial charge in [0.05, 0.1) is 18.9 Å². The lowest BCUT2D eigenvalue weighted by Gasteiger charge is -2.30. The van der Waals surface area contributed by atoms with E-state index < -0.39 is 21.7 Å². The second kappa shape index (κ2) is 10.5. The number of hydrogen-bond acceptors (Lipinski definition) is 8. The van der Waals surface area contributed by atoms with E-state index in [0.717, 1.165) is 33.0 Å². The summed E-state index contributed by atoms with van der Waals surface area (Å²) in [5.41, 5.74) is 8.35. The molecule has 0 fully saturated rings. The second-order valence-corrected chi connectivity index (χ2v) is 11.6. The van der Waals surface area contributed by atoms with Crippen LogP contribution in [0.1, 0.15) is 15.3 Å². The van der Waals surface area contributed by atoms with Gasteiger partial charge in [-0.1, -0.05) is 18.2 Å². The number of allylic oxidation sites excluding steroid dienone is 2. The lowest BCUT2D eigenvalue weighted by atomic mass is 9.95. The van der Waals surface area contributed by atoms with Crippen molar-refractivity contribution >= 4 is 39.1 Å². The molecule has 4 N–H and O–H groups in total. The SMILES string of the molecule is CN1C=NC(N)=C2C=C(c3ccc(CNc4ncccc4S(=O)(=O)NCc4ccc(F)c(F)c4)s3)C=CC21. The fourth-order valence-corrected chi connectivity index (χ4v) is 6.17. The fourth-order valence-electron chi connectivity index (χ4n) is 4.08. The van der Waals surface area contributed by atoms with Crippen molar-refractivity contribution in [2.45, 2.75) is 24.0 Å². The van der Waals surface area contributed by atoms with Crippen molar-refractivity contribution < 1.29 is 17.2 Å². The minimum absolute atomic E-state index is 0.0484. The van der Waals surface area contributed by atoms with Crippen molar-refractivity contribution in [2.24, 2.45) is 10.7 Å². The lowest BCUT2D eigenvalue weighted by Crippen LogP contribution is -2.35. The highest BCUT2D eigenvalue weighted by Gasteiger charge is 2.24.